The van der Waals surface area contributed by atoms with E-state index in [-0.39, 0.29) is 18.0 Å². The lowest BCUT2D eigenvalue weighted by atomic mass is 10.3. The highest BCUT2D eigenvalue weighted by atomic mass is 79.9. The summed E-state index contributed by atoms with van der Waals surface area (Å²) in [6.45, 7) is 2.44. The average Bonchev–Trinajstić information content (AvgIpc) is 2.92. The summed E-state index contributed by atoms with van der Waals surface area (Å²) in [6, 6.07) is 8.64. The number of pyridine rings is 1. The van der Waals surface area contributed by atoms with Crippen LogP contribution in [-0.2, 0) is 11.3 Å². The fourth-order valence-corrected chi connectivity index (χ4v) is 3.44. The van der Waals surface area contributed by atoms with Crippen molar-refractivity contribution in [1.29, 1.82) is 0 Å². The molecule has 6 nitrogen and oxygen atoms in total. The van der Waals surface area contributed by atoms with Crippen molar-refractivity contribution in [2.45, 2.75) is 13.5 Å². The molecule has 0 saturated carbocycles. The number of hydrogen-bond donors (Lipinski definition) is 1. The smallest absolute Gasteiger partial charge is 0.251 e. The van der Waals surface area contributed by atoms with Crippen molar-refractivity contribution in [3.8, 4) is 5.75 Å². The van der Waals surface area contributed by atoms with Crippen LogP contribution in [0, 0.1) is 0 Å². The van der Waals surface area contributed by atoms with E-state index < -0.39 is 0 Å². The summed E-state index contributed by atoms with van der Waals surface area (Å²) in [5, 5.41) is 3.22. The van der Waals surface area contributed by atoms with Gasteiger partial charge in [-0.25, -0.2) is 4.98 Å². The van der Waals surface area contributed by atoms with Gasteiger partial charge in [0.2, 0.25) is 5.91 Å². The number of halogens is 1. The van der Waals surface area contributed by atoms with Gasteiger partial charge in [0.1, 0.15) is 12.3 Å². The molecule has 1 aromatic carbocycles. The van der Waals surface area contributed by atoms with Gasteiger partial charge in [-0.05, 0) is 47.1 Å². The van der Waals surface area contributed by atoms with Gasteiger partial charge in [-0.2, -0.15) is 0 Å². The van der Waals surface area contributed by atoms with Crippen LogP contribution in [0.5, 0.6) is 5.75 Å². The maximum atomic E-state index is 12.1. The summed E-state index contributed by atoms with van der Waals surface area (Å²) < 4.78 is 8.45. The van der Waals surface area contributed by atoms with Crippen LogP contribution in [-0.4, -0.2) is 22.1 Å². The molecule has 3 aromatic rings. The summed E-state index contributed by atoms with van der Waals surface area (Å²) >= 11 is 4.65. The van der Waals surface area contributed by atoms with Crippen LogP contribution in [0.15, 0.2) is 45.8 Å². The minimum absolute atomic E-state index is 0.0710. The lowest BCUT2D eigenvalue weighted by Crippen LogP contribution is -2.26. The number of rotatable bonds is 5. The molecule has 2 aromatic heterocycles. The lowest BCUT2D eigenvalue weighted by molar-refractivity contribution is -0.116. The molecular formula is C16H14BrN3O3S. The molecule has 124 valence electrons. The minimum atomic E-state index is -0.306. The number of thiazole rings is 1. The Morgan fingerprint density at radius 1 is 1.38 bits per heavy atom. The number of anilines is 1. The third kappa shape index (κ3) is 3.82. The number of ether oxygens (including phenoxy) is 1. The summed E-state index contributed by atoms with van der Waals surface area (Å²) in [4.78, 5) is 28.3. The maximum absolute atomic E-state index is 12.1. The van der Waals surface area contributed by atoms with Gasteiger partial charge in [0, 0.05) is 16.7 Å². The van der Waals surface area contributed by atoms with Crippen LogP contribution in [0.2, 0.25) is 0 Å². The van der Waals surface area contributed by atoms with Gasteiger partial charge in [0.05, 0.1) is 16.8 Å². The van der Waals surface area contributed by atoms with E-state index in [0.717, 1.165) is 20.4 Å². The van der Waals surface area contributed by atoms with Gasteiger partial charge in [-0.15, -0.1) is 0 Å². The Morgan fingerprint density at radius 3 is 3.00 bits per heavy atom. The second-order valence-electron chi connectivity index (χ2n) is 4.94. The van der Waals surface area contributed by atoms with E-state index in [1.807, 2.05) is 25.1 Å². The topological polar surface area (TPSA) is 73.2 Å². The van der Waals surface area contributed by atoms with Gasteiger partial charge in [-0.1, -0.05) is 11.3 Å². The maximum Gasteiger partial charge on any atom is 0.251 e. The molecule has 2 heterocycles. The Kier molecular flexibility index (Phi) is 4.96. The van der Waals surface area contributed by atoms with Crippen LogP contribution in [0.3, 0.4) is 0 Å². The molecule has 0 saturated heterocycles. The molecule has 0 atom stereocenters. The molecule has 0 unspecified atom stereocenters. The van der Waals surface area contributed by atoms with E-state index in [1.54, 1.807) is 12.3 Å². The summed E-state index contributed by atoms with van der Waals surface area (Å²) in [5.41, 5.74) is 0.553. The lowest BCUT2D eigenvalue weighted by Gasteiger charge is -2.05. The number of aromatic nitrogens is 2. The highest BCUT2D eigenvalue weighted by Crippen LogP contribution is 2.29. The van der Waals surface area contributed by atoms with Crippen molar-refractivity contribution in [3.63, 3.8) is 0 Å². The molecule has 0 bridgehead atoms. The van der Waals surface area contributed by atoms with Gasteiger partial charge < -0.3 is 14.6 Å². The molecule has 8 heteroatoms. The number of hydrogen-bond acceptors (Lipinski definition) is 5. The van der Waals surface area contributed by atoms with E-state index in [0.29, 0.717) is 11.7 Å². The van der Waals surface area contributed by atoms with E-state index in [4.69, 9.17) is 4.74 Å². The van der Waals surface area contributed by atoms with Crippen LogP contribution < -0.4 is 15.6 Å². The number of amides is 1. The van der Waals surface area contributed by atoms with Crippen molar-refractivity contribution in [1.82, 2.24) is 9.55 Å². The van der Waals surface area contributed by atoms with E-state index in [2.05, 4.69) is 26.2 Å². The van der Waals surface area contributed by atoms with Crippen molar-refractivity contribution >= 4 is 48.5 Å². The van der Waals surface area contributed by atoms with Gasteiger partial charge in [0.15, 0.2) is 5.13 Å². The molecule has 0 spiro atoms. The normalized spacial score (nSPS) is 10.8. The van der Waals surface area contributed by atoms with Crippen molar-refractivity contribution < 1.29 is 9.53 Å². The van der Waals surface area contributed by atoms with Crippen LogP contribution in [0.25, 0.3) is 10.2 Å². The van der Waals surface area contributed by atoms with Crippen LogP contribution >= 0.6 is 27.3 Å². The molecule has 24 heavy (non-hydrogen) atoms. The zero-order chi connectivity index (χ0) is 17.1. The molecule has 0 aliphatic carbocycles. The standard InChI is InChI=1S/C16H14BrN3O3S/c1-2-23-11-4-5-12-13(7-11)24-16(18-12)19-14(21)9-20-8-10(17)3-6-15(20)22/h3-8H,2,9H2,1H3,(H,18,19,21). The number of nitrogens with one attached hydrogen (secondary N) is 1. The van der Waals surface area contributed by atoms with Gasteiger partial charge in [-0.3, -0.25) is 9.59 Å². The second-order valence-corrected chi connectivity index (χ2v) is 6.89. The first-order valence-corrected chi connectivity index (χ1v) is 8.85. The number of benzene rings is 1. The molecular weight excluding hydrogens is 394 g/mol. The van der Waals surface area contributed by atoms with E-state index in [9.17, 15) is 9.59 Å². The largest absolute Gasteiger partial charge is 0.494 e. The zero-order valence-electron chi connectivity index (χ0n) is 12.8. The Morgan fingerprint density at radius 2 is 2.21 bits per heavy atom. The summed E-state index contributed by atoms with van der Waals surface area (Å²) in [5.74, 6) is 0.464. The number of nitrogens with zero attached hydrogens (tertiary/aromatic N) is 2. The molecule has 1 N–H and O–H groups in total. The first-order chi connectivity index (χ1) is 11.5. The van der Waals surface area contributed by atoms with E-state index in [1.165, 1.54) is 22.0 Å². The van der Waals surface area contributed by atoms with Crippen LogP contribution in [0.4, 0.5) is 5.13 Å². The predicted octanol–water partition coefficient (Wildman–Crippen LogP) is 3.26. The summed E-state index contributed by atoms with van der Waals surface area (Å²) in [7, 11) is 0. The molecule has 0 aliphatic rings. The van der Waals surface area contributed by atoms with Crippen molar-refractivity contribution in [2.24, 2.45) is 0 Å². The van der Waals surface area contributed by atoms with Gasteiger partial charge >= 0.3 is 0 Å². The third-order valence-corrected chi connectivity index (χ3v) is 4.58. The first-order valence-electron chi connectivity index (χ1n) is 7.24. The molecule has 0 radical (unpaired) electrons. The average molecular weight is 408 g/mol. The number of carbonyl (C=O) groups is 1. The fourth-order valence-electron chi connectivity index (χ4n) is 2.15. The Bertz CT molecular complexity index is 951. The molecule has 0 aliphatic heterocycles. The molecule has 1 amide bonds. The Hall–Kier alpha value is -2.19. The van der Waals surface area contributed by atoms with E-state index >= 15 is 0 Å². The molecule has 0 fully saturated rings. The fraction of sp³-hybridized carbons (Fsp3) is 0.188. The minimum Gasteiger partial charge on any atom is -0.494 e. The Balaban J connectivity index is 1.75. The Labute approximate surface area is 150 Å². The highest BCUT2D eigenvalue weighted by Gasteiger charge is 2.10. The first kappa shape index (κ1) is 16.7. The molecule has 3 rings (SSSR count). The number of carbonyl (C=O) groups excluding carboxylic acids is 1. The van der Waals surface area contributed by atoms with Crippen LogP contribution in [0.1, 0.15) is 6.92 Å². The third-order valence-electron chi connectivity index (χ3n) is 3.18. The quantitative estimate of drug-likeness (QED) is 0.704. The predicted molar refractivity (Wildman–Crippen MR) is 97.8 cm³/mol. The monoisotopic (exact) mass is 407 g/mol. The second kappa shape index (κ2) is 7.14. The summed E-state index contributed by atoms with van der Waals surface area (Å²) in [6.07, 6.45) is 1.58. The van der Waals surface area contributed by atoms with Gasteiger partial charge in [0.25, 0.3) is 5.56 Å². The van der Waals surface area contributed by atoms with Crippen molar-refractivity contribution in [3.05, 3.63) is 51.4 Å². The van der Waals surface area contributed by atoms with Crippen molar-refractivity contribution in [2.75, 3.05) is 11.9 Å². The SMILES string of the molecule is CCOc1ccc2nc(NC(=O)Cn3cc(Br)ccc3=O)sc2c1. The zero-order valence-corrected chi connectivity index (χ0v) is 15.2. The number of fused-ring (bicyclic) bond motifs is 1. The highest BCUT2D eigenvalue weighted by molar-refractivity contribution is 9.10.